The predicted molar refractivity (Wildman–Crippen MR) is 123 cm³/mol. The van der Waals surface area contributed by atoms with Crippen molar-refractivity contribution < 1.29 is 19.0 Å². The first kappa shape index (κ1) is 23.6. The van der Waals surface area contributed by atoms with E-state index < -0.39 is 5.60 Å². The molecule has 0 aromatic heterocycles. The smallest absolute Gasteiger partial charge is 0.160 e. The van der Waals surface area contributed by atoms with Crippen LogP contribution in [0.5, 0.6) is 11.5 Å². The number of hydrogen-bond donors (Lipinski definition) is 2. The Morgan fingerprint density at radius 3 is 2.58 bits per heavy atom. The molecule has 0 aliphatic heterocycles. The Balaban J connectivity index is 1.50. The monoisotopic (exact) mass is 429 g/mol. The Labute approximate surface area is 185 Å². The molecule has 0 bridgehead atoms. The number of rotatable bonds is 10. The number of hydrogen-bond acceptors (Lipinski definition) is 4. The second-order valence-electron chi connectivity index (χ2n) is 8.96. The Morgan fingerprint density at radius 2 is 1.87 bits per heavy atom. The van der Waals surface area contributed by atoms with Gasteiger partial charge in [0.2, 0.25) is 0 Å². The van der Waals surface area contributed by atoms with E-state index in [4.69, 9.17) is 9.47 Å². The van der Waals surface area contributed by atoms with E-state index in [1.807, 2.05) is 18.2 Å². The van der Waals surface area contributed by atoms with Crippen LogP contribution in [-0.4, -0.2) is 38.0 Å². The van der Waals surface area contributed by atoms with Crippen LogP contribution < -0.4 is 14.8 Å². The highest BCUT2D eigenvalue weighted by Crippen LogP contribution is 2.45. The topological polar surface area (TPSA) is 50.7 Å². The van der Waals surface area contributed by atoms with Gasteiger partial charge in [0.05, 0.1) is 19.8 Å². The lowest BCUT2D eigenvalue weighted by atomic mass is 9.66. The Bertz CT molecular complexity index is 870. The molecule has 0 radical (unpaired) electrons. The molecule has 0 amide bonds. The molecule has 0 heterocycles. The SMILES string of the molecule is COc1ccc(CCCNCCC2(O)CCc3cc(F)ccc3C2C(C)C)cc1OC. The van der Waals surface area contributed by atoms with Gasteiger partial charge in [-0.2, -0.15) is 0 Å². The van der Waals surface area contributed by atoms with Crippen LogP contribution in [0.1, 0.15) is 55.7 Å². The third-order valence-electron chi connectivity index (χ3n) is 6.51. The van der Waals surface area contributed by atoms with Crippen molar-refractivity contribution >= 4 is 0 Å². The first-order valence-corrected chi connectivity index (χ1v) is 11.3. The van der Waals surface area contributed by atoms with Crippen LogP contribution in [-0.2, 0) is 12.8 Å². The van der Waals surface area contributed by atoms with Crippen LogP contribution in [0.3, 0.4) is 0 Å². The molecule has 4 nitrogen and oxygen atoms in total. The molecule has 5 heteroatoms. The molecule has 2 aromatic carbocycles. The zero-order valence-electron chi connectivity index (χ0n) is 19.2. The molecule has 2 N–H and O–H groups in total. The number of fused-ring (bicyclic) bond motifs is 1. The van der Waals surface area contributed by atoms with E-state index in [0.717, 1.165) is 55.0 Å². The summed E-state index contributed by atoms with van der Waals surface area (Å²) in [6.45, 7) is 5.94. The minimum atomic E-state index is -0.755. The van der Waals surface area contributed by atoms with E-state index >= 15 is 0 Å². The fraction of sp³-hybridized carbons (Fsp3) is 0.538. The van der Waals surface area contributed by atoms with E-state index in [9.17, 15) is 9.50 Å². The molecule has 1 aliphatic carbocycles. The number of benzene rings is 2. The van der Waals surface area contributed by atoms with Crippen molar-refractivity contribution in [1.82, 2.24) is 5.32 Å². The maximum Gasteiger partial charge on any atom is 0.160 e. The summed E-state index contributed by atoms with van der Waals surface area (Å²) in [6, 6.07) is 11.1. The molecule has 31 heavy (non-hydrogen) atoms. The van der Waals surface area contributed by atoms with E-state index in [1.165, 1.54) is 11.6 Å². The van der Waals surface area contributed by atoms with Crippen molar-refractivity contribution in [2.75, 3.05) is 27.3 Å². The standard InChI is InChI=1S/C26H36FNO3/c1-18(2)25-22-9-8-21(27)17-20(22)11-12-26(25,29)13-15-28-14-5-6-19-7-10-23(30-3)24(16-19)31-4/h7-10,16-18,25,28-29H,5-6,11-15H2,1-4H3. The lowest BCUT2D eigenvalue weighted by molar-refractivity contribution is -0.0241. The molecule has 0 spiro atoms. The van der Waals surface area contributed by atoms with Crippen LogP contribution in [0.2, 0.25) is 0 Å². The fourth-order valence-electron chi connectivity index (χ4n) is 5.03. The minimum Gasteiger partial charge on any atom is -0.493 e. The lowest BCUT2D eigenvalue weighted by Crippen LogP contribution is -2.45. The van der Waals surface area contributed by atoms with Crippen LogP contribution in [0.4, 0.5) is 4.39 Å². The van der Waals surface area contributed by atoms with Crippen molar-refractivity contribution in [3.05, 3.63) is 58.9 Å². The highest BCUT2D eigenvalue weighted by atomic mass is 19.1. The largest absolute Gasteiger partial charge is 0.493 e. The third-order valence-corrected chi connectivity index (χ3v) is 6.51. The third kappa shape index (κ3) is 5.58. The average molecular weight is 430 g/mol. The molecule has 1 aliphatic rings. The predicted octanol–water partition coefficient (Wildman–Crippen LogP) is 4.87. The molecular formula is C26H36FNO3. The summed E-state index contributed by atoms with van der Waals surface area (Å²) in [5, 5.41) is 15.0. The Morgan fingerprint density at radius 1 is 1.10 bits per heavy atom. The van der Waals surface area contributed by atoms with Gasteiger partial charge in [0.1, 0.15) is 5.82 Å². The zero-order chi connectivity index (χ0) is 22.4. The average Bonchev–Trinajstić information content (AvgIpc) is 2.75. The second-order valence-corrected chi connectivity index (χ2v) is 8.96. The summed E-state index contributed by atoms with van der Waals surface area (Å²) in [7, 11) is 3.29. The van der Waals surface area contributed by atoms with Gasteiger partial charge in [0, 0.05) is 5.92 Å². The first-order valence-electron chi connectivity index (χ1n) is 11.3. The molecule has 0 fully saturated rings. The minimum absolute atomic E-state index is 0.0328. The van der Waals surface area contributed by atoms with Gasteiger partial charge in [0.25, 0.3) is 0 Å². The van der Waals surface area contributed by atoms with Crippen molar-refractivity contribution in [3.8, 4) is 11.5 Å². The molecule has 170 valence electrons. The van der Waals surface area contributed by atoms with Crippen molar-refractivity contribution in [2.24, 2.45) is 5.92 Å². The van der Waals surface area contributed by atoms with Gasteiger partial charge in [-0.05, 0) is 92.1 Å². The first-order chi connectivity index (χ1) is 14.9. The summed E-state index contributed by atoms with van der Waals surface area (Å²) in [6.07, 6.45) is 4.06. The number of nitrogens with one attached hydrogen (secondary N) is 1. The molecule has 2 unspecified atom stereocenters. The van der Waals surface area contributed by atoms with Gasteiger partial charge in [-0.15, -0.1) is 0 Å². The van der Waals surface area contributed by atoms with Crippen LogP contribution in [0, 0.1) is 11.7 Å². The molecule has 0 saturated heterocycles. The summed E-state index contributed by atoms with van der Waals surface area (Å²) < 4.78 is 24.3. The fourth-order valence-corrected chi connectivity index (χ4v) is 5.03. The van der Waals surface area contributed by atoms with E-state index in [1.54, 1.807) is 20.3 Å². The van der Waals surface area contributed by atoms with E-state index in [2.05, 4.69) is 25.2 Å². The number of aryl methyl sites for hydroxylation is 2. The normalized spacial score (nSPS) is 20.5. The lowest BCUT2D eigenvalue weighted by Gasteiger charge is -2.44. The Kier molecular flexibility index (Phi) is 7.95. The molecule has 3 rings (SSSR count). The van der Waals surface area contributed by atoms with Gasteiger partial charge in [-0.3, -0.25) is 0 Å². The van der Waals surface area contributed by atoms with Crippen molar-refractivity contribution in [3.63, 3.8) is 0 Å². The van der Waals surface area contributed by atoms with Crippen molar-refractivity contribution in [1.29, 1.82) is 0 Å². The maximum absolute atomic E-state index is 13.7. The van der Waals surface area contributed by atoms with Gasteiger partial charge >= 0.3 is 0 Å². The van der Waals surface area contributed by atoms with E-state index in [-0.39, 0.29) is 11.7 Å². The van der Waals surface area contributed by atoms with Gasteiger partial charge in [-0.1, -0.05) is 26.0 Å². The molecule has 0 saturated carbocycles. The van der Waals surface area contributed by atoms with Crippen LogP contribution in [0.25, 0.3) is 0 Å². The summed E-state index contributed by atoms with van der Waals surface area (Å²) in [5.74, 6) is 1.63. The van der Waals surface area contributed by atoms with Crippen molar-refractivity contribution in [2.45, 2.75) is 57.5 Å². The number of ether oxygens (including phenoxy) is 2. The summed E-state index contributed by atoms with van der Waals surface area (Å²) in [5.41, 5.74) is 2.62. The second kappa shape index (κ2) is 10.5. The summed E-state index contributed by atoms with van der Waals surface area (Å²) in [4.78, 5) is 0. The molecule has 2 aromatic rings. The van der Waals surface area contributed by atoms with Crippen LogP contribution >= 0.6 is 0 Å². The van der Waals surface area contributed by atoms with E-state index in [0.29, 0.717) is 18.8 Å². The summed E-state index contributed by atoms with van der Waals surface area (Å²) >= 11 is 0. The van der Waals surface area contributed by atoms with Crippen LogP contribution in [0.15, 0.2) is 36.4 Å². The highest BCUT2D eigenvalue weighted by Gasteiger charge is 2.42. The number of halogens is 1. The number of methoxy groups -OCH3 is 2. The number of aliphatic hydroxyl groups is 1. The zero-order valence-corrected chi connectivity index (χ0v) is 19.2. The van der Waals surface area contributed by atoms with Gasteiger partial charge in [-0.25, -0.2) is 4.39 Å². The Hall–Kier alpha value is -2.11. The van der Waals surface area contributed by atoms with Gasteiger partial charge < -0.3 is 19.9 Å². The molecular weight excluding hydrogens is 393 g/mol. The maximum atomic E-state index is 13.7. The quantitative estimate of drug-likeness (QED) is 0.529. The molecule has 2 atom stereocenters. The van der Waals surface area contributed by atoms with Gasteiger partial charge in [0.15, 0.2) is 11.5 Å². The highest BCUT2D eigenvalue weighted by molar-refractivity contribution is 5.43.